The lowest BCUT2D eigenvalue weighted by Crippen LogP contribution is -2.38. The van der Waals surface area contributed by atoms with Gasteiger partial charge in [0.1, 0.15) is 0 Å². The monoisotopic (exact) mass is 471 g/mol. The van der Waals surface area contributed by atoms with Crippen LogP contribution in [-0.4, -0.2) is 56.6 Å². The number of benzene rings is 2. The molecule has 3 rings (SSSR count). The molecule has 0 saturated carbocycles. The summed E-state index contributed by atoms with van der Waals surface area (Å²) in [6, 6.07) is 13.8. The molecule has 0 spiro atoms. The first-order valence-electron chi connectivity index (χ1n) is 8.82. The fraction of sp³-hybridized carbons (Fsp3) is 0.211. The fourth-order valence-electron chi connectivity index (χ4n) is 2.99. The van der Waals surface area contributed by atoms with Crippen LogP contribution in [0.2, 0.25) is 0 Å². The van der Waals surface area contributed by atoms with Crippen LogP contribution < -0.4 is 5.73 Å². The van der Waals surface area contributed by atoms with Gasteiger partial charge < -0.3 is 10.8 Å². The summed E-state index contributed by atoms with van der Waals surface area (Å²) in [6.45, 7) is -0.257. The second kappa shape index (κ2) is 9.71. The SMILES string of the molecule is Cl.NCCN(CCS(=O)(=O)c1ccccc1)S(=O)(=O)c1cccc2c(O)nccc12. The Bertz CT molecular complexity index is 1220. The highest BCUT2D eigenvalue weighted by molar-refractivity contribution is 7.91. The first kappa shape index (κ1) is 24.0. The number of aromatic hydroxyl groups is 1. The minimum atomic E-state index is -4.06. The van der Waals surface area contributed by atoms with Gasteiger partial charge in [0.05, 0.1) is 15.5 Å². The first-order chi connectivity index (χ1) is 13.8. The van der Waals surface area contributed by atoms with E-state index in [2.05, 4.69) is 4.98 Å². The summed E-state index contributed by atoms with van der Waals surface area (Å²) in [7, 11) is -7.72. The maximum Gasteiger partial charge on any atom is 0.243 e. The smallest absolute Gasteiger partial charge is 0.243 e. The second-order valence-electron chi connectivity index (χ2n) is 6.31. The molecule has 0 unspecified atom stereocenters. The molecule has 8 nitrogen and oxygen atoms in total. The molecule has 11 heteroatoms. The van der Waals surface area contributed by atoms with Crippen LogP contribution in [0, 0.1) is 0 Å². The van der Waals surface area contributed by atoms with E-state index in [0.29, 0.717) is 5.39 Å². The van der Waals surface area contributed by atoms with E-state index in [0.717, 1.165) is 4.31 Å². The van der Waals surface area contributed by atoms with Crippen LogP contribution in [0.25, 0.3) is 10.8 Å². The summed E-state index contributed by atoms with van der Waals surface area (Å²) in [5.41, 5.74) is 5.59. The third-order valence-electron chi connectivity index (χ3n) is 4.45. The van der Waals surface area contributed by atoms with Gasteiger partial charge in [-0.05, 0) is 30.3 Å². The van der Waals surface area contributed by atoms with Gasteiger partial charge in [-0.2, -0.15) is 4.31 Å². The predicted molar refractivity (Wildman–Crippen MR) is 117 cm³/mol. The molecule has 1 heterocycles. The maximum atomic E-state index is 13.3. The molecule has 0 amide bonds. The van der Waals surface area contributed by atoms with Crippen molar-refractivity contribution in [2.24, 2.45) is 5.73 Å². The van der Waals surface area contributed by atoms with Crippen molar-refractivity contribution in [2.75, 3.05) is 25.4 Å². The topological polar surface area (TPSA) is 131 Å². The minimum Gasteiger partial charge on any atom is -0.493 e. The average molecular weight is 472 g/mol. The fourth-order valence-corrected chi connectivity index (χ4v) is 6.04. The number of fused-ring (bicyclic) bond motifs is 1. The first-order valence-corrected chi connectivity index (χ1v) is 11.9. The van der Waals surface area contributed by atoms with Crippen LogP contribution in [0.5, 0.6) is 5.88 Å². The van der Waals surface area contributed by atoms with Crippen LogP contribution in [0.1, 0.15) is 0 Å². The minimum absolute atomic E-state index is 0. The molecule has 3 aromatic rings. The van der Waals surface area contributed by atoms with Crippen LogP contribution in [0.3, 0.4) is 0 Å². The molecule has 1 aromatic heterocycles. The molecule has 30 heavy (non-hydrogen) atoms. The number of nitrogens with two attached hydrogens (primary N) is 1. The van der Waals surface area contributed by atoms with Crippen molar-refractivity contribution in [3.8, 4) is 5.88 Å². The summed E-state index contributed by atoms with van der Waals surface area (Å²) in [4.78, 5) is 3.85. The Morgan fingerprint density at radius 1 is 0.900 bits per heavy atom. The zero-order chi connectivity index (χ0) is 21.1. The van der Waals surface area contributed by atoms with Crippen molar-refractivity contribution in [1.82, 2.24) is 9.29 Å². The van der Waals surface area contributed by atoms with Gasteiger partial charge >= 0.3 is 0 Å². The van der Waals surface area contributed by atoms with Crippen LogP contribution in [-0.2, 0) is 19.9 Å². The second-order valence-corrected chi connectivity index (χ2v) is 10.3. The lowest BCUT2D eigenvalue weighted by molar-refractivity contribution is 0.435. The third kappa shape index (κ3) is 4.90. The lowest BCUT2D eigenvalue weighted by atomic mass is 10.2. The highest BCUT2D eigenvalue weighted by Gasteiger charge is 2.28. The standard InChI is InChI=1S/C19H21N3O5S2.ClH/c20-10-12-22(13-14-28(24,25)15-5-2-1-3-6-15)29(26,27)18-8-4-7-17-16(18)9-11-21-19(17)23;/h1-9,11H,10,12-14,20H2,(H,21,23);1H. The number of hydrogen-bond acceptors (Lipinski definition) is 7. The summed E-state index contributed by atoms with van der Waals surface area (Å²) in [5.74, 6) is -0.662. The van der Waals surface area contributed by atoms with Crippen LogP contribution in [0.4, 0.5) is 0 Å². The van der Waals surface area contributed by atoms with Crippen molar-refractivity contribution < 1.29 is 21.9 Å². The summed E-state index contributed by atoms with van der Waals surface area (Å²) in [6.07, 6.45) is 1.31. The molecule has 0 saturated heterocycles. The zero-order valence-corrected chi connectivity index (χ0v) is 18.3. The highest BCUT2D eigenvalue weighted by atomic mass is 35.5. The van der Waals surface area contributed by atoms with E-state index in [-0.39, 0.29) is 58.9 Å². The van der Waals surface area contributed by atoms with Crippen molar-refractivity contribution in [2.45, 2.75) is 9.79 Å². The van der Waals surface area contributed by atoms with Gasteiger partial charge in [-0.25, -0.2) is 21.8 Å². The van der Waals surface area contributed by atoms with E-state index in [1.807, 2.05) is 0 Å². The normalized spacial score (nSPS) is 12.1. The summed E-state index contributed by atoms with van der Waals surface area (Å²) < 4.78 is 52.7. The molecule has 0 aliphatic rings. The van der Waals surface area contributed by atoms with Gasteiger partial charge in [0.15, 0.2) is 9.84 Å². The molecule has 3 N–H and O–H groups in total. The predicted octanol–water partition coefficient (Wildman–Crippen LogP) is 1.79. The van der Waals surface area contributed by atoms with E-state index >= 15 is 0 Å². The molecule has 0 atom stereocenters. The Hall–Kier alpha value is -2.24. The van der Waals surface area contributed by atoms with Crippen molar-refractivity contribution in [1.29, 1.82) is 0 Å². The van der Waals surface area contributed by atoms with Gasteiger partial charge in [-0.15, -0.1) is 12.4 Å². The molecule has 0 radical (unpaired) electrons. The number of sulfonamides is 1. The van der Waals surface area contributed by atoms with Crippen molar-refractivity contribution in [3.63, 3.8) is 0 Å². The Morgan fingerprint density at radius 2 is 1.60 bits per heavy atom. The van der Waals surface area contributed by atoms with Gasteiger partial charge in [0, 0.05) is 36.6 Å². The summed E-state index contributed by atoms with van der Waals surface area (Å²) >= 11 is 0. The highest BCUT2D eigenvalue weighted by Crippen LogP contribution is 2.29. The zero-order valence-electron chi connectivity index (χ0n) is 15.9. The maximum absolute atomic E-state index is 13.3. The van der Waals surface area contributed by atoms with Crippen molar-refractivity contribution >= 4 is 43.0 Å². The lowest BCUT2D eigenvalue weighted by Gasteiger charge is -2.22. The van der Waals surface area contributed by atoms with Crippen LogP contribution >= 0.6 is 12.4 Å². The van der Waals surface area contributed by atoms with E-state index in [9.17, 15) is 21.9 Å². The number of rotatable bonds is 8. The number of aromatic nitrogens is 1. The Labute approximate surface area is 181 Å². The van der Waals surface area contributed by atoms with Gasteiger partial charge in [-0.3, -0.25) is 0 Å². The van der Waals surface area contributed by atoms with Crippen LogP contribution in [0.15, 0.2) is 70.6 Å². The average Bonchev–Trinajstić information content (AvgIpc) is 2.71. The van der Waals surface area contributed by atoms with E-state index < -0.39 is 19.9 Å². The number of sulfone groups is 1. The van der Waals surface area contributed by atoms with Gasteiger partial charge in [0.25, 0.3) is 0 Å². The number of hydrogen-bond donors (Lipinski definition) is 2. The molecule has 0 aliphatic carbocycles. The van der Waals surface area contributed by atoms with E-state index in [1.165, 1.54) is 36.5 Å². The molecule has 2 aromatic carbocycles. The van der Waals surface area contributed by atoms with E-state index in [1.54, 1.807) is 24.3 Å². The molecule has 0 aliphatic heterocycles. The quantitative estimate of drug-likeness (QED) is 0.512. The van der Waals surface area contributed by atoms with Crippen molar-refractivity contribution in [3.05, 3.63) is 60.8 Å². The number of nitrogens with zero attached hydrogens (tertiary/aromatic N) is 2. The Morgan fingerprint density at radius 3 is 2.27 bits per heavy atom. The van der Waals surface area contributed by atoms with Gasteiger partial charge in [0.2, 0.25) is 15.9 Å². The largest absolute Gasteiger partial charge is 0.493 e. The number of pyridine rings is 1. The Balaban J connectivity index is 0.00000320. The molecular formula is C19H22ClN3O5S2. The summed E-state index contributed by atoms with van der Waals surface area (Å²) in [5, 5.41) is 10.5. The molecule has 162 valence electrons. The third-order valence-corrected chi connectivity index (χ3v) is 8.12. The van der Waals surface area contributed by atoms with E-state index in [4.69, 9.17) is 5.73 Å². The molecule has 0 bridgehead atoms. The number of halogens is 1. The van der Waals surface area contributed by atoms with Gasteiger partial charge in [-0.1, -0.05) is 24.3 Å². The Kier molecular flexibility index (Phi) is 7.78. The molecule has 0 fully saturated rings. The molecular weight excluding hydrogens is 450 g/mol.